The molecule has 0 N–H and O–H groups in total. The van der Waals surface area contributed by atoms with Crippen molar-refractivity contribution in [3.8, 4) is 0 Å². The van der Waals surface area contributed by atoms with E-state index in [0.29, 0.717) is 16.9 Å². The number of unbranched alkanes of at least 4 members (excludes halogenated alkanes) is 1. The monoisotopic (exact) mass is 230 g/mol. The van der Waals surface area contributed by atoms with Gasteiger partial charge in [0.1, 0.15) is 0 Å². The van der Waals surface area contributed by atoms with Crippen molar-refractivity contribution in [2.45, 2.75) is 69.8 Å². The normalized spacial score (nSPS) is 34.0. The van der Waals surface area contributed by atoms with Crippen molar-refractivity contribution in [1.29, 1.82) is 0 Å². The summed E-state index contributed by atoms with van der Waals surface area (Å²) in [5, 5.41) is 0.393. The largest absolute Gasteiger partial charge is 0.378 e. The maximum absolute atomic E-state index is 6.41. The van der Waals surface area contributed by atoms with Crippen LogP contribution in [-0.2, 0) is 4.74 Å². The van der Waals surface area contributed by atoms with Crippen LogP contribution in [0.15, 0.2) is 0 Å². The molecule has 0 aromatic rings. The van der Waals surface area contributed by atoms with Gasteiger partial charge >= 0.3 is 0 Å². The Bertz CT molecular complexity index is 199. The Labute approximate surface area is 98.5 Å². The van der Waals surface area contributed by atoms with E-state index < -0.39 is 0 Å². The van der Waals surface area contributed by atoms with Crippen molar-refractivity contribution in [3.63, 3.8) is 0 Å². The molecule has 15 heavy (non-hydrogen) atoms. The van der Waals surface area contributed by atoms with E-state index in [2.05, 4.69) is 6.92 Å². The molecule has 2 saturated carbocycles. The highest BCUT2D eigenvalue weighted by atomic mass is 35.5. The van der Waals surface area contributed by atoms with E-state index >= 15 is 0 Å². The van der Waals surface area contributed by atoms with Gasteiger partial charge < -0.3 is 4.74 Å². The minimum atomic E-state index is 0.369. The third-order valence-electron chi connectivity index (χ3n) is 4.29. The highest BCUT2D eigenvalue weighted by molar-refractivity contribution is 6.21. The van der Waals surface area contributed by atoms with Crippen molar-refractivity contribution in [3.05, 3.63) is 0 Å². The quantitative estimate of drug-likeness (QED) is 0.521. The number of hydrogen-bond acceptors (Lipinski definition) is 1. The van der Waals surface area contributed by atoms with E-state index in [1.54, 1.807) is 0 Å². The van der Waals surface area contributed by atoms with Crippen LogP contribution < -0.4 is 0 Å². The first-order valence-corrected chi connectivity index (χ1v) is 6.99. The summed E-state index contributed by atoms with van der Waals surface area (Å²) >= 11 is 6.41. The SMILES string of the molecule is CCCCOC1CC(Cl)C12CCCCC2. The molecule has 0 aromatic carbocycles. The van der Waals surface area contributed by atoms with Gasteiger partial charge in [-0.2, -0.15) is 0 Å². The number of halogens is 1. The Morgan fingerprint density at radius 1 is 1.27 bits per heavy atom. The predicted molar refractivity (Wildman–Crippen MR) is 64.4 cm³/mol. The molecule has 2 atom stereocenters. The first-order chi connectivity index (χ1) is 7.29. The third kappa shape index (κ3) is 2.19. The van der Waals surface area contributed by atoms with Crippen molar-refractivity contribution in [1.82, 2.24) is 0 Å². The zero-order valence-electron chi connectivity index (χ0n) is 9.80. The lowest BCUT2D eigenvalue weighted by molar-refractivity contribution is -0.124. The van der Waals surface area contributed by atoms with Crippen molar-refractivity contribution >= 4 is 11.6 Å². The van der Waals surface area contributed by atoms with Gasteiger partial charge in [-0.25, -0.2) is 0 Å². The zero-order valence-corrected chi connectivity index (χ0v) is 10.6. The topological polar surface area (TPSA) is 9.23 Å². The number of hydrogen-bond donors (Lipinski definition) is 0. The molecule has 0 aliphatic heterocycles. The van der Waals surface area contributed by atoms with Gasteiger partial charge in [0.25, 0.3) is 0 Å². The van der Waals surface area contributed by atoms with Gasteiger partial charge in [0.2, 0.25) is 0 Å². The second-order valence-electron chi connectivity index (χ2n) is 5.21. The van der Waals surface area contributed by atoms with Crippen LogP contribution in [-0.4, -0.2) is 18.1 Å². The summed E-state index contributed by atoms with van der Waals surface area (Å²) in [6.45, 7) is 3.15. The molecule has 1 nitrogen and oxygen atoms in total. The van der Waals surface area contributed by atoms with Gasteiger partial charge in [0.15, 0.2) is 0 Å². The standard InChI is InChI=1S/C13H23ClO/c1-2-3-9-15-12-10-11(14)13(12)7-5-4-6-8-13/h11-12H,2-10H2,1H3. The van der Waals surface area contributed by atoms with Gasteiger partial charge in [-0.3, -0.25) is 0 Å². The first kappa shape index (κ1) is 11.7. The summed E-state index contributed by atoms with van der Waals surface area (Å²) in [5.74, 6) is 0. The van der Waals surface area contributed by atoms with E-state index in [-0.39, 0.29) is 0 Å². The molecular formula is C13H23ClO. The lowest BCUT2D eigenvalue weighted by Gasteiger charge is -2.55. The van der Waals surface area contributed by atoms with Crippen molar-refractivity contribution in [2.24, 2.45) is 5.41 Å². The molecule has 2 aliphatic carbocycles. The zero-order chi connectivity index (χ0) is 10.7. The van der Waals surface area contributed by atoms with Gasteiger partial charge in [-0.1, -0.05) is 32.6 Å². The number of alkyl halides is 1. The van der Waals surface area contributed by atoms with E-state index in [0.717, 1.165) is 13.0 Å². The average molecular weight is 231 g/mol. The molecule has 2 aliphatic rings. The highest BCUT2D eigenvalue weighted by Gasteiger charge is 2.54. The number of rotatable bonds is 4. The molecular weight excluding hydrogens is 208 g/mol. The fourth-order valence-electron chi connectivity index (χ4n) is 3.15. The molecule has 1 spiro atoms. The Hall–Kier alpha value is 0.250. The van der Waals surface area contributed by atoms with Crippen LogP contribution >= 0.6 is 11.6 Å². The summed E-state index contributed by atoms with van der Waals surface area (Å²) in [6.07, 6.45) is 10.7. The minimum absolute atomic E-state index is 0.369. The van der Waals surface area contributed by atoms with Crippen molar-refractivity contribution < 1.29 is 4.74 Å². The predicted octanol–water partition coefficient (Wildman–Crippen LogP) is 4.13. The molecule has 0 radical (unpaired) electrons. The molecule has 0 saturated heterocycles. The van der Waals surface area contributed by atoms with E-state index in [1.807, 2.05) is 0 Å². The van der Waals surface area contributed by atoms with Gasteiger partial charge in [-0.05, 0) is 25.7 Å². The molecule has 2 heteroatoms. The first-order valence-electron chi connectivity index (χ1n) is 6.55. The summed E-state index contributed by atoms with van der Waals surface area (Å²) in [7, 11) is 0. The van der Waals surface area contributed by atoms with E-state index in [1.165, 1.54) is 44.9 Å². The summed E-state index contributed by atoms with van der Waals surface area (Å²) in [6, 6.07) is 0. The fourth-order valence-corrected chi connectivity index (χ4v) is 3.67. The smallest absolute Gasteiger partial charge is 0.0659 e. The molecule has 0 aromatic heterocycles. The summed E-state index contributed by atoms with van der Waals surface area (Å²) in [5.41, 5.74) is 0.369. The Morgan fingerprint density at radius 3 is 2.60 bits per heavy atom. The molecule has 0 heterocycles. The lowest BCUT2D eigenvalue weighted by atomic mass is 9.58. The second-order valence-corrected chi connectivity index (χ2v) is 5.74. The maximum atomic E-state index is 6.41. The third-order valence-corrected chi connectivity index (χ3v) is 4.90. The van der Waals surface area contributed by atoms with Crippen LogP contribution in [0.2, 0.25) is 0 Å². The van der Waals surface area contributed by atoms with Crippen LogP contribution in [0.25, 0.3) is 0 Å². The minimum Gasteiger partial charge on any atom is -0.378 e. The molecule has 88 valence electrons. The maximum Gasteiger partial charge on any atom is 0.0659 e. The van der Waals surface area contributed by atoms with Crippen molar-refractivity contribution in [2.75, 3.05) is 6.61 Å². The molecule has 0 amide bonds. The second kappa shape index (κ2) is 5.05. The van der Waals surface area contributed by atoms with Crippen LogP contribution in [0.5, 0.6) is 0 Å². The highest BCUT2D eigenvalue weighted by Crippen LogP contribution is 2.55. The Morgan fingerprint density at radius 2 is 2.00 bits per heavy atom. The van der Waals surface area contributed by atoms with Gasteiger partial charge in [0, 0.05) is 17.4 Å². The summed E-state index contributed by atoms with van der Waals surface area (Å²) in [4.78, 5) is 0. The van der Waals surface area contributed by atoms with Crippen LogP contribution in [0, 0.1) is 5.41 Å². The van der Waals surface area contributed by atoms with Crippen LogP contribution in [0.1, 0.15) is 58.3 Å². The molecule has 2 fully saturated rings. The van der Waals surface area contributed by atoms with E-state index in [9.17, 15) is 0 Å². The molecule has 2 unspecified atom stereocenters. The lowest BCUT2D eigenvalue weighted by Crippen LogP contribution is -2.56. The number of ether oxygens (including phenoxy) is 1. The van der Waals surface area contributed by atoms with Gasteiger partial charge in [0.05, 0.1) is 6.10 Å². The van der Waals surface area contributed by atoms with Gasteiger partial charge in [-0.15, -0.1) is 11.6 Å². The average Bonchev–Trinajstić information content (AvgIpc) is 2.29. The van der Waals surface area contributed by atoms with E-state index in [4.69, 9.17) is 16.3 Å². The van der Waals surface area contributed by atoms with Crippen LogP contribution in [0.3, 0.4) is 0 Å². The Balaban J connectivity index is 1.84. The molecule has 2 rings (SSSR count). The Kier molecular flexibility index (Phi) is 3.95. The summed E-state index contributed by atoms with van der Waals surface area (Å²) < 4.78 is 6.00. The van der Waals surface area contributed by atoms with Crippen LogP contribution in [0.4, 0.5) is 0 Å². The fraction of sp³-hybridized carbons (Fsp3) is 1.00. The molecule has 0 bridgehead atoms.